The second-order valence-electron chi connectivity index (χ2n) is 7.45. The maximum Gasteiger partial charge on any atom is 0.155 e. The average molecular weight is 425 g/mol. The van der Waals surface area contributed by atoms with Gasteiger partial charge in [0.05, 0.1) is 29.7 Å². The third-order valence-corrected chi connectivity index (χ3v) is 7.84. The summed E-state index contributed by atoms with van der Waals surface area (Å²) in [6.07, 6.45) is 6.96. The number of carbonyl (C=O) groups excluding carboxylic acids is 1. The van der Waals surface area contributed by atoms with E-state index in [4.69, 9.17) is 0 Å². The van der Waals surface area contributed by atoms with Crippen molar-refractivity contribution in [1.29, 1.82) is 0 Å². The summed E-state index contributed by atoms with van der Waals surface area (Å²) in [7, 11) is -3.05. The molecule has 7 heteroatoms. The first kappa shape index (κ1) is 17.4. The van der Waals surface area contributed by atoms with Crippen LogP contribution in [0.3, 0.4) is 0 Å². The normalized spacial score (nSPS) is 34.0. The van der Waals surface area contributed by atoms with Crippen molar-refractivity contribution in [1.82, 2.24) is 10.3 Å². The highest BCUT2D eigenvalue weighted by Crippen LogP contribution is 2.57. The van der Waals surface area contributed by atoms with E-state index in [0.29, 0.717) is 29.9 Å². The number of sulfone groups is 1. The summed E-state index contributed by atoms with van der Waals surface area (Å²) in [5.41, 5.74) is 1.64. The van der Waals surface area contributed by atoms with Crippen LogP contribution in [0.2, 0.25) is 0 Å². The fourth-order valence-corrected chi connectivity index (χ4v) is 5.85. The smallest absolute Gasteiger partial charge is 0.155 e. The van der Waals surface area contributed by atoms with Crippen LogP contribution in [-0.2, 0) is 21.1 Å². The SMILES string of the molecule is O=C1Cc2nc(Br)ccc2C=CCCS(=O)(=O)CC[C@@]23C[C@@H]1N[C@@H]2C3. The number of nitrogens with one attached hydrogen (secondary N) is 1. The number of ketones is 1. The van der Waals surface area contributed by atoms with E-state index < -0.39 is 9.84 Å². The quantitative estimate of drug-likeness (QED) is 0.646. The average Bonchev–Trinajstić information content (AvgIpc) is 3.11. The molecule has 1 N–H and O–H groups in total. The molecule has 3 aliphatic rings. The van der Waals surface area contributed by atoms with Crippen LogP contribution in [0.4, 0.5) is 0 Å². The minimum absolute atomic E-state index is 0.0148. The first-order chi connectivity index (χ1) is 11.9. The van der Waals surface area contributed by atoms with Crippen molar-refractivity contribution in [3.63, 3.8) is 0 Å². The zero-order valence-corrected chi connectivity index (χ0v) is 16.3. The Labute approximate surface area is 156 Å². The van der Waals surface area contributed by atoms with Gasteiger partial charge in [-0.3, -0.25) is 4.79 Å². The highest BCUT2D eigenvalue weighted by atomic mass is 79.9. The maximum absolute atomic E-state index is 12.7. The molecule has 0 aromatic carbocycles. The molecule has 1 aromatic heterocycles. The Morgan fingerprint density at radius 2 is 2.08 bits per heavy atom. The maximum atomic E-state index is 12.7. The van der Waals surface area contributed by atoms with Crippen molar-refractivity contribution in [2.24, 2.45) is 5.41 Å². The van der Waals surface area contributed by atoms with Crippen LogP contribution in [0.5, 0.6) is 0 Å². The molecule has 2 fully saturated rings. The third kappa shape index (κ3) is 3.59. The van der Waals surface area contributed by atoms with Gasteiger partial charge in [-0.15, -0.1) is 0 Å². The lowest BCUT2D eigenvalue weighted by Gasteiger charge is -2.16. The van der Waals surface area contributed by atoms with Gasteiger partial charge in [0.1, 0.15) is 4.60 Å². The molecule has 3 atom stereocenters. The molecule has 2 aliphatic heterocycles. The number of hydrogen-bond donors (Lipinski definition) is 1. The highest BCUT2D eigenvalue weighted by Gasteiger charge is 2.60. The number of piperidine rings is 1. The lowest BCUT2D eigenvalue weighted by molar-refractivity contribution is -0.120. The lowest BCUT2D eigenvalue weighted by atomic mass is 9.93. The Kier molecular flexibility index (Phi) is 4.37. The Bertz CT molecular complexity index is 852. The third-order valence-electron chi connectivity index (χ3n) is 5.71. The second kappa shape index (κ2) is 6.28. The zero-order valence-electron chi connectivity index (χ0n) is 13.9. The number of aromatic nitrogens is 1. The molecule has 1 saturated carbocycles. The minimum Gasteiger partial charge on any atom is -0.304 e. The van der Waals surface area contributed by atoms with E-state index in [1.165, 1.54) is 0 Å². The molecule has 0 unspecified atom stereocenters. The van der Waals surface area contributed by atoms with Crippen molar-refractivity contribution < 1.29 is 13.2 Å². The molecule has 25 heavy (non-hydrogen) atoms. The van der Waals surface area contributed by atoms with Crippen molar-refractivity contribution in [3.8, 4) is 0 Å². The van der Waals surface area contributed by atoms with E-state index in [2.05, 4.69) is 26.2 Å². The summed E-state index contributed by atoms with van der Waals surface area (Å²) in [6, 6.07) is 3.88. The largest absolute Gasteiger partial charge is 0.304 e. The highest BCUT2D eigenvalue weighted by molar-refractivity contribution is 9.10. The van der Waals surface area contributed by atoms with Crippen molar-refractivity contribution in [3.05, 3.63) is 34.1 Å². The van der Waals surface area contributed by atoms with Gasteiger partial charge >= 0.3 is 0 Å². The van der Waals surface area contributed by atoms with E-state index >= 15 is 0 Å². The Balaban J connectivity index is 1.65. The molecule has 3 heterocycles. The fraction of sp³-hybridized carbons (Fsp3) is 0.556. The fourth-order valence-electron chi connectivity index (χ4n) is 4.09. The predicted molar refractivity (Wildman–Crippen MR) is 99.9 cm³/mol. The summed E-state index contributed by atoms with van der Waals surface area (Å²) in [6.45, 7) is 0. The minimum atomic E-state index is -3.05. The molecule has 5 nitrogen and oxygen atoms in total. The Hall–Kier alpha value is -1.05. The van der Waals surface area contributed by atoms with Gasteiger partial charge in [0, 0.05) is 6.04 Å². The molecule has 134 valence electrons. The Morgan fingerprint density at radius 1 is 1.24 bits per heavy atom. The van der Waals surface area contributed by atoms with Crippen molar-refractivity contribution in [2.45, 2.75) is 44.2 Å². The monoisotopic (exact) mass is 424 g/mol. The van der Waals surface area contributed by atoms with Gasteiger partial charge in [-0.1, -0.05) is 18.2 Å². The van der Waals surface area contributed by atoms with E-state index in [0.717, 1.165) is 24.1 Å². The summed E-state index contributed by atoms with van der Waals surface area (Å²) in [5.74, 6) is 0.552. The van der Waals surface area contributed by atoms with E-state index in [-0.39, 0.29) is 28.7 Å². The first-order valence-electron chi connectivity index (χ1n) is 8.68. The van der Waals surface area contributed by atoms with Gasteiger partial charge in [0.2, 0.25) is 0 Å². The van der Waals surface area contributed by atoms with Crippen LogP contribution in [-0.4, -0.2) is 42.8 Å². The first-order valence-corrected chi connectivity index (χ1v) is 11.3. The number of halogens is 1. The molecule has 2 bridgehead atoms. The molecule has 0 radical (unpaired) electrons. The molecule has 0 amide bonds. The van der Waals surface area contributed by atoms with Gasteiger partial charge < -0.3 is 5.32 Å². The summed E-state index contributed by atoms with van der Waals surface area (Å²) in [4.78, 5) is 17.2. The molecule has 1 saturated heterocycles. The van der Waals surface area contributed by atoms with Crippen LogP contribution >= 0.6 is 15.9 Å². The number of rotatable bonds is 0. The van der Waals surface area contributed by atoms with Gasteiger partial charge in [-0.25, -0.2) is 13.4 Å². The zero-order chi connectivity index (χ0) is 17.7. The number of allylic oxidation sites excluding steroid dienone is 1. The van der Waals surface area contributed by atoms with Gasteiger partial charge in [-0.05, 0) is 58.7 Å². The van der Waals surface area contributed by atoms with E-state index in [1.807, 2.05) is 24.3 Å². The van der Waals surface area contributed by atoms with Crippen LogP contribution in [0.15, 0.2) is 22.8 Å². The lowest BCUT2D eigenvalue weighted by Crippen LogP contribution is -2.35. The molecule has 1 spiro atoms. The number of hydrogen-bond acceptors (Lipinski definition) is 5. The molecule has 1 aromatic rings. The van der Waals surface area contributed by atoms with Crippen LogP contribution in [0.1, 0.15) is 36.9 Å². The molecular formula is C18H21BrN2O3S. The Morgan fingerprint density at radius 3 is 2.92 bits per heavy atom. The van der Waals surface area contributed by atoms with Crippen molar-refractivity contribution >= 4 is 37.6 Å². The molecule has 1 aliphatic carbocycles. The van der Waals surface area contributed by atoms with Gasteiger partial charge in [0.25, 0.3) is 0 Å². The standard InChI is InChI=1S/C18H21BrN2O3S/c19-17-5-4-12-3-1-2-7-25(23,24)8-6-18-10-14(20-16(18)11-18)15(22)9-13(12)21-17/h1,3-5,14,16,20H,2,6-11H2/t14-,16+,18-/m0/s1. The van der Waals surface area contributed by atoms with E-state index in [9.17, 15) is 13.2 Å². The number of fused-ring (bicyclic) bond motifs is 2. The van der Waals surface area contributed by atoms with Gasteiger partial charge in [-0.2, -0.15) is 0 Å². The van der Waals surface area contributed by atoms with Crippen LogP contribution < -0.4 is 5.32 Å². The number of nitrogens with zero attached hydrogens (tertiary/aromatic N) is 1. The topological polar surface area (TPSA) is 76.1 Å². The van der Waals surface area contributed by atoms with Crippen molar-refractivity contribution in [2.75, 3.05) is 11.5 Å². The summed E-state index contributed by atoms with van der Waals surface area (Å²) < 4.78 is 25.3. The number of pyridine rings is 1. The van der Waals surface area contributed by atoms with Gasteiger partial charge in [0.15, 0.2) is 15.6 Å². The van der Waals surface area contributed by atoms with Crippen LogP contribution in [0.25, 0.3) is 6.08 Å². The molecule has 4 rings (SSSR count). The van der Waals surface area contributed by atoms with Crippen LogP contribution in [0, 0.1) is 5.41 Å². The second-order valence-corrected chi connectivity index (χ2v) is 10.6. The summed E-state index contributed by atoms with van der Waals surface area (Å²) >= 11 is 3.37. The summed E-state index contributed by atoms with van der Waals surface area (Å²) in [5, 5.41) is 3.41. The predicted octanol–water partition coefficient (Wildman–Crippen LogP) is 2.30. The molecular weight excluding hydrogens is 404 g/mol. The van der Waals surface area contributed by atoms with E-state index in [1.54, 1.807) is 0 Å². The number of Topliss-reactive ketones (excluding diaryl/α,β-unsaturated/α-hetero) is 1. The number of carbonyl (C=O) groups is 1.